The van der Waals surface area contributed by atoms with E-state index in [0.29, 0.717) is 11.8 Å². The molecule has 0 radical (unpaired) electrons. The fourth-order valence-electron chi connectivity index (χ4n) is 3.48. The molecule has 3 rings (SSSR count). The summed E-state index contributed by atoms with van der Waals surface area (Å²) < 4.78 is 0. The first kappa shape index (κ1) is 15.0. The van der Waals surface area contributed by atoms with Gasteiger partial charge in [0, 0.05) is 30.1 Å². The van der Waals surface area contributed by atoms with Gasteiger partial charge in [-0.15, -0.1) is 11.3 Å². The molecular weight excluding hydrogens is 282 g/mol. The molecular formula is C16H25N3OS. The maximum atomic E-state index is 12.8. The lowest BCUT2D eigenvalue weighted by molar-refractivity contribution is -0.139. The van der Waals surface area contributed by atoms with Crippen molar-refractivity contribution in [1.82, 2.24) is 15.2 Å². The molecule has 21 heavy (non-hydrogen) atoms. The van der Waals surface area contributed by atoms with E-state index >= 15 is 0 Å². The molecule has 2 aliphatic rings. The lowest BCUT2D eigenvalue weighted by Gasteiger charge is -2.40. The van der Waals surface area contributed by atoms with Crippen LogP contribution >= 0.6 is 11.3 Å². The van der Waals surface area contributed by atoms with Crippen LogP contribution < -0.4 is 5.32 Å². The van der Waals surface area contributed by atoms with Gasteiger partial charge in [-0.05, 0) is 52.5 Å². The van der Waals surface area contributed by atoms with Crippen molar-refractivity contribution in [1.29, 1.82) is 0 Å². The number of thiazole rings is 1. The summed E-state index contributed by atoms with van der Waals surface area (Å²) in [7, 11) is 0. The van der Waals surface area contributed by atoms with Gasteiger partial charge >= 0.3 is 0 Å². The second-order valence-electron chi connectivity index (χ2n) is 6.61. The number of nitrogens with one attached hydrogen (secondary N) is 1. The van der Waals surface area contributed by atoms with Crippen LogP contribution in [0.2, 0.25) is 0 Å². The lowest BCUT2D eigenvalue weighted by atomic mass is 9.88. The van der Waals surface area contributed by atoms with Gasteiger partial charge in [-0.2, -0.15) is 0 Å². The summed E-state index contributed by atoms with van der Waals surface area (Å²) in [6, 6.07) is 0. The molecule has 2 saturated heterocycles. The first-order chi connectivity index (χ1) is 10.1. The number of piperidine rings is 2. The number of aryl methyl sites for hydroxylation is 1. The third-order valence-corrected chi connectivity index (χ3v) is 5.98. The Morgan fingerprint density at radius 2 is 2.19 bits per heavy atom. The van der Waals surface area contributed by atoms with E-state index in [9.17, 15) is 4.79 Å². The molecule has 0 aliphatic carbocycles. The van der Waals surface area contributed by atoms with Crippen molar-refractivity contribution in [2.24, 2.45) is 0 Å². The number of amides is 1. The molecule has 5 heteroatoms. The van der Waals surface area contributed by atoms with Gasteiger partial charge in [-0.1, -0.05) is 0 Å². The first-order valence-corrected chi connectivity index (χ1v) is 8.93. The molecule has 0 spiro atoms. The molecule has 2 fully saturated rings. The van der Waals surface area contributed by atoms with Crippen LogP contribution in [0.15, 0.2) is 5.38 Å². The maximum absolute atomic E-state index is 12.8. The number of carbonyl (C=O) groups excluding carboxylic acids is 1. The topological polar surface area (TPSA) is 45.2 Å². The summed E-state index contributed by atoms with van der Waals surface area (Å²) in [6.07, 6.45) is 5.42. The number of carbonyl (C=O) groups is 1. The predicted molar refractivity (Wildman–Crippen MR) is 85.7 cm³/mol. The molecule has 4 nitrogen and oxygen atoms in total. The van der Waals surface area contributed by atoms with Crippen LogP contribution in [0.4, 0.5) is 0 Å². The average molecular weight is 307 g/mol. The molecule has 116 valence electrons. The van der Waals surface area contributed by atoms with Crippen molar-refractivity contribution < 1.29 is 4.79 Å². The highest BCUT2D eigenvalue weighted by Gasteiger charge is 2.38. The zero-order chi connectivity index (χ0) is 14.9. The standard InChI is InChI=1S/C16H25N3OS/c1-12-11-21-14(18-12)13-5-9-19(10-6-13)15(20)16(2)7-3-4-8-17-16/h11,13,17H,3-10H2,1-2H3/t16-/m0/s1. The Kier molecular flexibility index (Phi) is 4.31. The van der Waals surface area contributed by atoms with E-state index < -0.39 is 0 Å². The van der Waals surface area contributed by atoms with Crippen molar-refractivity contribution in [3.8, 4) is 0 Å². The quantitative estimate of drug-likeness (QED) is 0.913. The van der Waals surface area contributed by atoms with E-state index in [1.54, 1.807) is 11.3 Å². The van der Waals surface area contributed by atoms with Crippen molar-refractivity contribution in [3.63, 3.8) is 0 Å². The molecule has 2 aliphatic heterocycles. The zero-order valence-electron chi connectivity index (χ0n) is 13.0. The highest BCUT2D eigenvalue weighted by atomic mass is 32.1. The molecule has 1 aromatic heterocycles. The van der Waals surface area contributed by atoms with Gasteiger partial charge in [0.2, 0.25) is 5.91 Å². The van der Waals surface area contributed by atoms with Gasteiger partial charge in [0.1, 0.15) is 0 Å². The minimum absolute atomic E-state index is 0.302. The Morgan fingerprint density at radius 3 is 2.76 bits per heavy atom. The van der Waals surface area contributed by atoms with E-state index in [1.807, 2.05) is 6.92 Å². The van der Waals surface area contributed by atoms with Gasteiger partial charge < -0.3 is 10.2 Å². The maximum Gasteiger partial charge on any atom is 0.242 e. The van der Waals surface area contributed by atoms with E-state index in [4.69, 9.17) is 0 Å². The molecule has 1 amide bonds. The zero-order valence-corrected chi connectivity index (χ0v) is 13.8. The Labute approximate surface area is 130 Å². The highest BCUT2D eigenvalue weighted by Crippen LogP contribution is 2.31. The van der Waals surface area contributed by atoms with Gasteiger partial charge in [-0.3, -0.25) is 4.79 Å². The van der Waals surface area contributed by atoms with Crippen LogP contribution in [0.3, 0.4) is 0 Å². The van der Waals surface area contributed by atoms with Gasteiger partial charge in [-0.25, -0.2) is 4.98 Å². The molecule has 0 bridgehead atoms. The van der Waals surface area contributed by atoms with E-state index in [1.165, 1.54) is 11.4 Å². The third-order valence-electron chi connectivity index (χ3n) is 4.86. The molecule has 1 aromatic rings. The fourth-order valence-corrected chi connectivity index (χ4v) is 4.45. The van der Waals surface area contributed by atoms with Crippen molar-refractivity contribution >= 4 is 17.2 Å². The molecule has 0 unspecified atom stereocenters. The highest BCUT2D eigenvalue weighted by molar-refractivity contribution is 7.09. The van der Waals surface area contributed by atoms with Crippen molar-refractivity contribution in [2.75, 3.05) is 19.6 Å². The largest absolute Gasteiger partial charge is 0.341 e. The lowest BCUT2D eigenvalue weighted by Crippen LogP contribution is -2.59. The Balaban J connectivity index is 1.59. The van der Waals surface area contributed by atoms with Crippen LogP contribution in [-0.2, 0) is 4.79 Å². The summed E-state index contributed by atoms with van der Waals surface area (Å²) in [5, 5.41) is 6.81. The Bertz CT molecular complexity index is 499. The number of hydrogen-bond donors (Lipinski definition) is 1. The second-order valence-corrected chi connectivity index (χ2v) is 7.50. The van der Waals surface area contributed by atoms with Crippen molar-refractivity contribution in [3.05, 3.63) is 16.1 Å². The summed E-state index contributed by atoms with van der Waals surface area (Å²) in [5.74, 6) is 0.843. The van der Waals surface area contributed by atoms with Gasteiger partial charge in [0.25, 0.3) is 0 Å². The predicted octanol–water partition coefficient (Wildman–Crippen LogP) is 2.69. The minimum Gasteiger partial charge on any atom is -0.341 e. The van der Waals surface area contributed by atoms with E-state index in [2.05, 4.69) is 27.5 Å². The first-order valence-electron chi connectivity index (χ1n) is 8.05. The fraction of sp³-hybridized carbons (Fsp3) is 0.750. The Hall–Kier alpha value is -0.940. The normalized spacial score (nSPS) is 27.8. The smallest absolute Gasteiger partial charge is 0.242 e. The summed E-state index contributed by atoms with van der Waals surface area (Å²) >= 11 is 1.77. The SMILES string of the molecule is Cc1csc(C2CCN(C(=O)[C@]3(C)CCCCN3)CC2)n1. The molecule has 0 aromatic carbocycles. The van der Waals surface area contributed by atoms with Crippen LogP contribution in [0.5, 0.6) is 0 Å². The second kappa shape index (κ2) is 6.05. The third kappa shape index (κ3) is 3.14. The van der Waals surface area contributed by atoms with Crippen LogP contribution in [0.1, 0.15) is 55.6 Å². The van der Waals surface area contributed by atoms with Crippen LogP contribution in [-0.4, -0.2) is 41.0 Å². The summed E-state index contributed by atoms with van der Waals surface area (Å²) in [6.45, 7) is 6.84. The van der Waals surface area contributed by atoms with Gasteiger partial charge in [0.05, 0.1) is 10.5 Å². The number of nitrogens with zero attached hydrogens (tertiary/aromatic N) is 2. The monoisotopic (exact) mass is 307 g/mol. The molecule has 0 saturated carbocycles. The van der Waals surface area contributed by atoms with Crippen LogP contribution in [0, 0.1) is 6.92 Å². The summed E-state index contributed by atoms with van der Waals surface area (Å²) in [5.41, 5.74) is 0.787. The molecule has 1 N–H and O–H groups in total. The van der Waals surface area contributed by atoms with Crippen molar-refractivity contribution in [2.45, 2.75) is 57.4 Å². The number of hydrogen-bond acceptors (Lipinski definition) is 4. The van der Waals surface area contributed by atoms with E-state index in [-0.39, 0.29) is 5.54 Å². The van der Waals surface area contributed by atoms with Crippen LogP contribution in [0.25, 0.3) is 0 Å². The molecule has 3 heterocycles. The minimum atomic E-state index is -0.330. The summed E-state index contributed by atoms with van der Waals surface area (Å²) in [4.78, 5) is 19.4. The number of rotatable bonds is 2. The molecule has 1 atom stereocenters. The van der Waals surface area contributed by atoms with E-state index in [0.717, 1.165) is 51.0 Å². The number of aromatic nitrogens is 1. The average Bonchev–Trinajstić information content (AvgIpc) is 2.94. The van der Waals surface area contributed by atoms with Gasteiger partial charge in [0.15, 0.2) is 0 Å². The number of likely N-dealkylation sites (tertiary alicyclic amines) is 1. The Morgan fingerprint density at radius 1 is 1.43 bits per heavy atom.